The number of aromatic carboxylic acids is 1. The molecule has 0 saturated carbocycles. The summed E-state index contributed by atoms with van der Waals surface area (Å²) in [6.45, 7) is 0.986. The Bertz CT molecular complexity index is 767. The van der Waals surface area contributed by atoms with Gasteiger partial charge in [0.05, 0.1) is 5.39 Å². The van der Waals surface area contributed by atoms with Crippen molar-refractivity contribution in [3.05, 3.63) is 33.9 Å². The van der Waals surface area contributed by atoms with E-state index in [4.69, 9.17) is 10.8 Å². The van der Waals surface area contributed by atoms with Crippen LogP contribution in [0.2, 0.25) is 0 Å². The summed E-state index contributed by atoms with van der Waals surface area (Å²) in [4.78, 5) is 31.1. The van der Waals surface area contributed by atoms with Gasteiger partial charge in [0.2, 0.25) is 5.43 Å². The number of hydrogen-bond acceptors (Lipinski definition) is 5. The van der Waals surface area contributed by atoms with Crippen molar-refractivity contribution in [1.29, 1.82) is 0 Å². The van der Waals surface area contributed by atoms with Gasteiger partial charge in [0, 0.05) is 25.3 Å². The average Bonchev–Trinajstić information content (AvgIpc) is 2.35. The molecule has 1 saturated heterocycles. The molecule has 0 bridgehead atoms. The second-order valence-corrected chi connectivity index (χ2v) is 4.69. The number of halogens is 1. The third kappa shape index (κ3) is 1.81. The Kier molecular flexibility index (Phi) is 2.68. The van der Waals surface area contributed by atoms with E-state index in [-0.39, 0.29) is 22.9 Å². The fourth-order valence-electron chi connectivity index (χ4n) is 2.18. The average molecular weight is 278 g/mol. The van der Waals surface area contributed by atoms with Gasteiger partial charge in [-0.2, -0.15) is 0 Å². The predicted molar refractivity (Wildman–Crippen MR) is 69.5 cm³/mol. The number of carboxylic acids is 1. The van der Waals surface area contributed by atoms with E-state index in [1.807, 2.05) is 0 Å². The summed E-state index contributed by atoms with van der Waals surface area (Å²) in [6, 6.07) is 0.993. The van der Waals surface area contributed by atoms with E-state index in [2.05, 4.69) is 9.97 Å². The van der Waals surface area contributed by atoms with Crippen molar-refractivity contribution in [3.63, 3.8) is 0 Å². The Hall–Kier alpha value is -2.48. The van der Waals surface area contributed by atoms with Crippen LogP contribution in [0, 0.1) is 5.82 Å². The van der Waals surface area contributed by atoms with E-state index in [0.717, 1.165) is 12.3 Å². The minimum Gasteiger partial charge on any atom is -0.477 e. The smallest absolute Gasteiger partial charge is 0.341 e. The van der Waals surface area contributed by atoms with Gasteiger partial charge in [-0.05, 0) is 6.07 Å². The first-order valence-electron chi connectivity index (χ1n) is 5.93. The van der Waals surface area contributed by atoms with Gasteiger partial charge in [-0.3, -0.25) is 4.79 Å². The lowest BCUT2D eigenvalue weighted by Gasteiger charge is -2.37. The third-order valence-corrected chi connectivity index (χ3v) is 3.24. The fraction of sp³-hybridized carbons (Fsp3) is 0.250. The van der Waals surface area contributed by atoms with Crippen LogP contribution in [0.5, 0.6) is 0 Å². The minimum atomic E-state index is -1.37. The van der Waals surface area contributed by atoms with Crippen molar-refractivity contribution in [2.45, 2.75) is 6.04 Å². The minimum absolute atomic E-state index is 0.0136. The Balaban J connectivity index is 2.16. The topological polar surface area (TPSA) is 112 Å². The van der Waals surface area contributed by atoms with Crippen molar-refractivity contribution >= 4 is 22.8 Å². The lowest BCUT2D eigenvalue weighted by atomic mass is 10.1. The van der Waals surface area contributed by atoms with Crippen LogP contribution in [0.15, 0.2) is 17.1 Å². The zero-order valence-electron chi connectivity index (χ0n) is 10.3. The number of nitrogens with one attached hydrogen (secondary N) is 1. The zero-order valence-corrected chi connectivity index (χ0v) is 10.3. The van der Waals surface area contributed by atoms with E-state index in [0.29, 0.717) is 13.1 Å². The molecule has 0 aromatic carbocycles. The highest BCUT2D eigenvalue weighted by Crippen LogP contribution is 2.23. The molecular formula is C12H11FN4O3. The molecule has 1 aliphatic rings. The number of nitrogens with zero attached hydrogens (tertiary/aromatic N) is 2. The number of aromatic amines is 1. The molecule has 1 aliphatic heterocycles. The maximum Gasteiger partial charge on any atom is 0.341 e. The molecule has 8 heteroatoms. The van der Waals surface area contributed by atoms with Crippen LogP contribution >= 0.6 is 0 Å². The first-order valence-corrected chi connectivity index (χ1v) is 5.93. The molecule has 0 aliphatic carbocycles. The zero-order chi connectivity index (χ0) is 14.4. The first-order chi connectivity index (χ1) is 9.47. The molecule has 2 aromatic rings. The lowest BCUT2D eigenvalue weighted by molar-refractivity contribution is 0.0695. The lowest BCUT2D eigenvalue weighted by Crippen LogP contribution is -2.56. The largest absolute Gasteiger partial charge is 0.477 e. The van der Waals surface area contributed by atoms with E-state index >= 15 is 0 Å². The molecule has 0 atom stereocenters. The molecule has 2 aromatic heterocycles. The number of carbonyl (C=O) groups is 1. The summed E-state index contributed by atoms with van der Waals surface area (Å²) in [5, 5.41) is 8.77. The van der Waals surface area contributed by atoms with Gasteiger partial charge in [-0.15, -0.1) is 0 Å². The summed E-state index contributed by atoms with van der Waals surface area (Å²) in [7, 11) is 0. The molecule has 4 N–H and O–H groups in total. The van der Waals surface area contributed by atoms with E-state index in [9.17, 15) is 14.0 Å². The molecule has 3 heterocycles. The van der Waals surface area contributed by atoms with Crippen LogP contribution in [0.3, 0.4) is 0 Å². The quantitative estimate of drug-likeness (QED) is 0.707. The Labute approximate surface area is 111 Å². The van der Waals surface area contributed by atoms with Gasteiger partial charge >= 0.3 is 5.97 Å². The van der Waals surface area contributed by atoms with Gasteiger partial charge < -0.3 is 20.7 Å². The Morgan fingerprint density at radius 1 is 1.55 bits per heavy atom. The highest BCUT2D eigenvalue weighted by molar-refractivity contribution is 5.91. The highest BCUT2D eigenvalue weighted by atomic mass is 19.1. The first kappa shape index (κ1) is 12.5. The molecule has 104 valence electrons. The Morgan fingerprint density at radius 3 is 2.85 bits per heavy atom. The van der Waals surface area contributed by atoms with Crippen LogP contribution in [-0.4, -0.2) is 40.2 Å². The molecule has 0 spiro atoms. The van der Waals surface area contributed by atoms with Crippen LogP contribution in [0.1, 0.15) is 10.4 Å². The number of fused-ring (bicyclic) bond motifs is 1. The van der Waals surface area contributed by atoms with E-state index < -0.39 is 22.8 Å². The van der Waals surface area contributed by atoms with Crippen molar-refractivity contribution in [2.75, 3.05) is 18.0 Å². The number of H-pyrrole nitrogens is 1. The van der Waals surface area contributed by atoms with Gasteiger partial charge in [0.15, 0.2) is 11.6 Å². The van der Waals surface area contributed by atoms with Crippen molar-refractivity contribution in [1.82, 2.24) is 9.97 Å². The Morgan fingerprint density at radius 2 is 2.25 bits per heavy atom. The summed E-state index contributed by atoms with van der Waals surface area (Å²) in [5.74, 6) is -1.93. The van der Waals surface area contributed by atoms with Gasteiger partial charge in [-0.1, -0.05) is 0 Å². The summed E-state index contributed by atoms with van der Waals surface area (Å²) >= 11 is 0. The second kappa shape index (κ2) is 4.27. The van der Waals surface area contributed by atoms with E-state index in [1.54, 1.807) is 4.90 Å². The second-order valence-electron chi connectivity index (χ2n) is 4.69. The normalized spacial score (nSPS) is 15.4. The van der Waals surface area contributed by atoms with Gasteiger partial charge in [0.25, 0.3) is 0 Å². The van der Waals surface area contributed by atoms with Crippen LogP contribution in [0.25, 0.3) is 11.0 Å². The molecule has 0 amide bonds. The molecule has 7 nitrogen and oxygen atoms in total. The number of carboxylic acid groups (broad SMARTS) is 1. The van der Waals surface area contributed by atoms with Gasteiger partial charge in [-0.25, -0.2) is 14.2 Å². The molecule has 1 fully saturated rings. The maximum absolute atomic E-state index is 14.0. The van der Waals surface area contributed by atoms with Crippen LogP contribution < -0.4 is 16.1 Å². The standard InChI is InChI=1S/C12H11FN4O3/c13-8-1-6-9(18)7(12(19)20)2-15-10(6)16-11(8)17-3-5(14)4-17/h1-2,5H,3-4,14H2,(H,19,20)(H,15,16,18). The van der Waals surface area contributed by atoms with Crippen LogP contribution in [-0.2, 0) is 0 Å². The molecule has 20 heavy (non-hydrogen) atoms. The van der Waals surface area contributed by atoms with Crippen molar-refractivity contribution in [3.8, 4) is 0 Å². The molecular weight excluding hydrogens is 267 g/mol. The third-order valence-electron chi connectivity index (χ3n) is 3.24. The molecule has 3 rings (SSSR count). The van der Waals surface area contributed by atoms with Crippen LogP contribution in [0.4, 0.5) is 10.2 Å². The number of aromatic nitrogens is 2. The van der Waals surface area contributed by atoms with Gasteiger partial charge in [0.1, 0.15) is 11.2 Å². The SMILES string of the molecule is NC1CN(c2nc3[nH]cc(C(=O)O)c(=O)c3cc2F)C1. The maximum atomic E-state index is 14.0. The highest BCUT2D eigenvalue weighted by Gasteiger charge is 2.27. The number of pyridine rings is 2. The van der Waals surface area contributed by atoms with Crippen molar-refractivity contribution < 1.29 is 14.3 Å². The summed E-state index contributed by atoms with van der Waals surface area (Å²) < 4.78 is 14.0. The molecule has 0 unspecified atom stereocenters. The molecule has 0 radical (unpaired) electrons. The summed E-state index contributed by atoms with van der Waals surface area (Å²) in [5.41, 5.74) is 4.57. The summed E-state index contributed by atoms with van der Waals surface area (Å²) in [6.07, 6.45) is 1.06. The monoisotopic (exact) mass is 278 g/mol. The number of hydrogen-bond donors (Lipinski definition) is 3. The predicted octanol–water partition coefficient (Wildman–Crippen LogP) is -0.0923. The number of rotatable bonds is 2. The number of anilines is 1. The van der Waals surface area contributed by atoms with E-state index in [1.165, 1.54) is 0 Å². The fourth-order valence-corrected chi connectivity index (χ4v) is 2.18. The number of nitrogens with two attached hydrogens (primary N) is 1. The van der Waals surface area contributed by atoms with Crippen molar-refractivity contribution in [2.24, 2.45) is 5.73 Å².